The van der Waals surface area contributed by atoms with Crippen LogP contribution in [0.25, 0.3) is 5.69 Å². The average molecular weight is 370 g/mol. The summed E-state index contributed by atoms with van der Waals surface area (Å²) >= 11 is 5.85. The van der Waals surface area contributed by atoms with Gasteiger partial charge in [-0.25, -0.2) is 4.98 Å². The van der Waals surface area contributed by atoms with Gasteiger partial charge in [-0.2, -0.15) is 0 Å². The summed E-state index contributed by atoms with van der Waals surface area (Å²) in [4.78, 5) is 16.4. The monoisotopic (exact) mass is 369 g/mol. The van der Waals surface area contributed by atoms with Gasteiger partial charge in [0.05, 0.1) is 12.4 Å². The van der Waals surface area contributed by atoms with E-state index in [2.05, 4.69) is 10.3 Å². The Labute approximate surface area is 157 Å². The number of benzene rings is 2. The van der Waals surface area contributed by atoms with E-state index in [4.69, 9.17) is 16.3 Å². The van der Waals surface area contributed by atoms with Gasteiger partial charge in [0.2, 0.25) is 0 Å². The molecule has 1 heterocycles. The van der Waals surface area contributed by atoms with E-state index >= 15 is 0 Å². The van der Waals surface area contributed by atoms with E-state index in [1.807, 2.05) is 42.0 Å². The summed E-state index contributed by atoms with van der Waals surface area (Å²) in [5, 5.41) is 3.60. The van der Waals surface area contributed by atoms with Gasteiger partial charge >= 0.3 is 0 Å². The first kappa shape index (κ1) is 18.0. The second-order valence-corrected chi connectivity index (χ2v) is 6.44. The summed E-state index contributed by atoms with van der Waals surface area (Å²) in [5.74, 6) is 0.431. The van der Waals surface area contributed by atoms with Crippen LogP contribution in [0.15, 0.2) is 67.3 Å². The number of imidazole rings is 1. The van der Waals surface area contributed by atoms with Crippen LogP contribution in [0.1, 0.15) is 25.5 Å². The Bertz CT molecular complexity index is 846. The lowest BCUT2D eigenvalue weighted by Crippen LogP contribution is -2.37. The van der Waals surface area contributed by atoms with Crippen molar-refractivity contribution < 1.29 is 9.53 Å². The number of aromatic nitrogens is 2. The molecule has 2 atom stereocenters. The molecular weight excluding hydrogens is 350 g/mol. The van der Waals surface area contributed by atoms with Crippen molar-refractivity contribution in [3.05, 3.63) is 77.8 Å². The topological polar surface area (TPSA) is 56.1 Å². The molecule has 0 fully saturated rings. The Hall–Kier alpha value is -2.79. The number of carbonyl (C=O) groups is 1. The maximum absolute atomic E-state index is 12.4. The van der Waals surface area contributed by atoms with Crippen LogP contribution < -0.4 is 10.1 Å². The van der Waals surface area contributed by atoms with Crippen molar-refractivity contribution in [2.24, 2.45) is 0 Å². The minimum absolute atomic E-state index is 0.129. The van der Waals surface area contributed by atoms with Crippen LogP contribution in [0.4, 0.5) is 0 Å². The third-order valence-corrected chi connectivity index (χ3v) is 4.30. The van der Waals surface area contributed by atoms with Gasteiger partial charge in [-0.1, -0.05) is 23.7 Å². The fraction of sp³-hybridized carbons (Fsp3) is 0.200. The number of nitrogens with zero attached hydrogens (tertiary/aromatic N) is 2. The molecule has 0 bridgehead atoms. The van der Waals surface area contributed by atoms with E-state index in [0.717, 1.165) is 11.3 Å². The summed E-state index contributed by atoms with van der Waals surface area (Å²) in [5.41, 5.74) is 2.03. The number of nitrogens with one attached hydrogen (secondary N) is 1. The molecule has 0 aliphatic rings. The maximum atomic E-state index is 12.4. The van der Waals surface area contributed by atoms with Gasteiger partial charge in [-0.15, -0.1) is 0 Å². The number of carbonyl (C=O) groups excluding carboxylic acids is 1. The first-order chi connectivity index (χ1) is 12.5. The Morgan fingerprint density at radius 1 is 1.12 bits per heavy atom. The van der Waals surface area contributed by atoms with Gasteiger partial charge in [0, 0.05) is 23.1 Å². The zero-order valence-electron chi connectivity index (χ0n) is 14.6. The SMILES string of the molecule is C[C@H](NC(=O)[C@@H](C)Oc1ccc(Cl)cc1)c1ccc(-n2ccnc2)cc1. The summed E-state index contributed by atoms with van der Waals surface area (Å²) < 4.78 is 7.58. The van der Waals surface area contributed by atoms with Gasteiger partial charge in [0.15, 0.2) is 6.10 Å². The Balaban J connectivity index is 1.58. The normalized spacial score (nSPS) is 13.0. The van der Waals surface area contributed by atoms with Crippen molar-refractivity contribution in [2.45, 2.75) is 26.0 Å². The van der Waals surface area contributed by atoms with Crippen LogP contribution >= 0.6 is 11.6 Å². The minimum Gasteiger partial charge on any atom is -0.481 e. The Morgan fingerprint density at radius 2 is 1.81 bits per heavy atom. The molecule has 0 unspecified atom stereocenters. The van der Waals surface area contributed by atoms with Gasteiger partial charge in [0.1, 0.15) is 5.75 Å². The van der Waals surface area contributed by atoms with E-state index in [1.165, 1.54) is 0 Å². The molecule has 1 aromatic heterocycles. The lowest BCUT2D eigenvalue weighted by Gasteiger charge is -2.19. The number of rotatable bonds is 6. The summed E-state index contributed by atoms with van der Waals surface area (Å²) in [6.45, 7) is 3.66. The third kappa shape index (κ3) is 4.43. The molecule has 2 aromatic carbocycles. The van der Waals surface area contributed by atoms with E-state index in [-0.39, 0.29) is 11.9 Å². The molecule has 0 spiro atoms. The predicted octanol–water partition coefficient (Wildman–Crippen LogP) is 4.17. The van der Waals surface area contributed by atoms with E-state index in [1.54, 1.807) is 43.7 Å². The second-order valence-electron chi connectivity index (χ2n) is 6.01. The number of hydrogen-bond donors (Lipinski definition) is 1. The quantitative estimate of drug-likeness (QED) is 0.709. The molecule has 1 amide bonds. The molecule has 0 saturated carbocycles. The molecule has 0 aliphatic heterocycles. The molecule has 0 radical (unpaired) electrons. The number of ether oxygens (including phenoxy) is 1. The lowest BCUT2D eigenvalue weighted by atomic mass is 10.1. The van der Waals surface area contributed by atoms with E-state index in [0.29, 0.717) is 10.8 Å². The molecule has 5 nitrogen and oxygen atoms in total. The number of halogens is 1. The fourth-order valence-electron chi connectivity index (χ4n) is 2.53. The summed E-state index contributed by atoms with van der Waals surface area (Å²) in [7, 11) is 0. The van der Waals surface area contributed by atoms with Crippen LogP contribution in [0.2, 0.25) is 5.02 Å². The van der Waals surface area contributed by atoms with Crippen molar-refractivity contribution in [1.29, 1.82) is 0 Å². The fourth-order valence-corrected chi connectivity index (χ4v) is 2.66. The van der Waals surface area contributed by atoms with Crippen LogP contribution in [0, 0.1) is 0 Å². The smallest absolute Gasteiger partial charge is 0.261 e. The van der Waals surface area contributed by atoms with Crippen LogP contribution in [-0.2, 0) is 4.79 Å². The number of amides is 1. The highest BCUT2D eigenvalue weighted by Crippen LogP contribution is 2.18. The predicted molar refractivity (Wildman–Crippen MR) is 102 cm³/mol. The molecule has 0 aliphatic carbocycles. The standard InChI is InChI=1S/C20H20ClN3O2/c1-14(16-3-7-18(8-4-16)24-12-11-22-13-24)23-20(25)15(2)26-19-9-5-17(21)6-10-19/h3-15H,1-2H3,(H,23,25)/t14-,15+/m0/s1. The molecule has 3 aromatic rings. The lowest BCUT2D eigenvalue weighted by molar-refractivity contribution is -0.127. The van der Waals surface area contributed by atoms with Crippen molar-refractivity contribution in [3.8, 4) is 11.4 Å². The minimum atomic E-state index is -0.608. The summed E-state index contributed by atoms with van der Waals surface area (Å²) in [6, 6.07) is 14.8. The van der Waals surface area contributed by atoms with Gasteiger partial charge < -0.3 is 14.6 Å². The maximum Gasteiger partial charge on any atom is 0.261 e. The Morgan fingerprint density at radius 3 is 2.42 bits per heavy atom. The highest BCUT2D eigenvalue weighted by atomic mass is 35.5. The largest absolute Gasteiger partial charge is 0.481 e. The molecule has 0 saturated heterocycles. The summed E-state index contributed by atoms with van der Waals surface area (Å²) in [6.07, 6.45) is 4.76. The zero-order chi connectivity index (χ0) is 18.5. The molecule has 1 N–H and O–H groups in total. The van der Waals surface area contributed by atoms with Crippen molar-refractivity contribution in [1.82, 2.24) is 14.9 Å². The highest BCUT2D eigenvalue weighted by Gasteiger charge is 2.17. The van der Waals surface area contributed by atoms with Gasteiger partial charge in [-0.05, 0) is 55.8 Å². The molecule has 3 rings (SSSR count). The molecule has 6 heteroatoms. The van der Waals surface area contributed by atoms with Crippen molar-refractivity contribution in [2.75, 3.05) is 0 Å². The van der Waals surface area contributed by atoms with Crippen LogP contribution in [-0.4, -0.2) is 21.6 Å². The molecule has 134 valence electrons. The Kier molecular flexibility index (Phi) is 5.58. The first-order valence-corrected chi connectivity index (χ1v) is 8.71. The molecule has 26 heavy (non-hydrogen) atoms. The second kappa shape index (κ2) is 8.06. The third-order valence-electron chi connectivity index (χ3n) is 4.05. The zero-order valence-corrected chi connectivity index (χ0v) is 15.4. The van der Waals surface area contributed by atoms with E-state index in [9.17, 15) is 4.79 Å². The van der Waals surface area contributed by atoms with Crippen LogP contribution in [0.5, 0.6) is 5.75 Å². The van der Waals surface area contributed by atoms with Gasteiger partial charge in [0.25, 0.3) is 5.91 Å². The first-order valence-electron chi connectivity index (χ1n) is 8.34. The number of hydrogen-bond acceptors (Lipinski definition) is 3. The molecular formula is C20H20ClN3O2. The van der Waals surface area contributed by atoms with E-state index < -0.39 is 6.10 Å². The van der Waals surface area contributed by atoms with Crippen LogP contribution in [0.3, 0.4) is 0 Å². The van der Waals surface area contributed by atoms with Crippen molar-refractivity contribution in [3.63, 3.8) is 0 Å². The van der Waals surface area contributed by atoms with Crippen molar-refractivity contribution >= 4 is 17.5 Å². The van der Waals surface area contributed by atoms with Gasteiger partial charge in [-0.3, -0.25) is 4.79 Å². The highest BCUT2D eigenvalue weighted by molar-refractivity contribution is 6.30. The average Bonchev–Trinajstić information content (AvgIpc) is 3.18.